The van der Waals surface area contributed by atoms with E-state index < -0.39 is 0 Å². The first-order chi connectivity index (χ1) is 8.12. The third-order valence-corrected chi connectivity index (χ3v) is 3.03. The summed E-state index contributed by atoms with van der Waals surface area (Å²) in [5.74, 6) is 5.58. The maximum absolute atomic E-state index is 5.58. The van der Waals surface area contributed by atoms with Crippen molar-refractivity contribution in [3.63, 3.8) is 0 Å². The van der Waals surface area contributed by atoms with Gasteiger partial charge < -0.3 is 4.74 Å². The van der Waals surface area contributed by atoms with Gasteiger partial charge in [0.15, 0.2) is 0 Å². The highest BCUT2D eigenvalue weighted by Crippen LogP contribution is 2.10. The van der Waals surface area contributed by atoms with Crippen LogP contribution in [0.2, 0.25) is 0 Å². The lowest BCUT2D eigenvalue weighted by Crippen LogP contribution is -2.45. The van der Waals surface area contributed by atoms with E-state index in [9.17, 15) is 0 Å². The molecule has 1 aromatic heterocycles. The van der Waals surface area contributed by atoms with Crippen LogP contribution in [-0.4, -0.2) is 28.5 Å². The monoisotopic (exact) mass is 240 g/mol. The number of ether oxygens (including phenoxy) is 1. The number of hydrazine groups is 1. The Bertz CT molecular complexity index is 337. The van der Waals surface area contributed by atoms with Gasteiger partial charge in [0.05, 0.1) is 17.8 Å². The standard InChI is InChI=1S/C12H24N4O/c1-5-10-7-11(16(4)15-10)8-12(14-13)9(3)17-6-2/h7,9,12,14H,5-6,8,13H2,1-4H3. The SMILES string of the molecule is CCOC(C)C(Cc1cc(CC)nn1C)NN. The molecule has 1 aromatic rings. The predicted molar refractivity (Wildman–Crippen MR) is 68.5 cm³/mol. The number of rotatable bonds is 7. The molecule has 0 saturated heterocycles. The zero-order valence-electron chi connectivity index (χ0n) is 11.2. The molecule has 0 bridgehead atoms. The molecule has 0 aromatic carbocycles. The number of nitrogens with one attached hydrogen (secondary N) is 1. The summed E-state index contributed by atoms with van der Waals surface area (Å²) in [4.78, 5) is 0. The summed E-state index contributed by atoms with van der Waals surface area (Å²) in [6.45, 7) is 6.83. The van der Waals surface area contributed by atoms with Gasteiger partial charge in [-0.15, -0.1) is 0 Å². The van der Waals surface area contributed by atoms with Gasteiger partial charge in [-0.3, -0.25) is 16.0 Å². The van der Waals surface area contributed by atoms with Crippen LogP contribution in [0, 0.1) is 0 Å². The molecule has 0 aliphatic carbocycles. The fraction of sp³-hybridized carbons (Fsp3) is 0.750. The average Bonchev–Trinajstić information content (AvgIpc) is 2.67. The average molecular weight is 240 g/mol. The number of nitrogens with zero attached hydrogens (tertiary/aromatic N) is 2. The van der Waals surface area contributed by atoms with Crippen LogP contribution in [0.5, 0.6) is 0 Å². The van der Waals surface area contributed by atoms with Crippen LogP contribution >= 0.6 is 0 Å². The van der Waals surface area contributed by atoms with Crippen molar-refractivity contribution in [2.75, 3.05) is 6.61 Å². The first-order valence-corrected chi connectivity index (χ1v) is 6.21. The quantitative estimate of drug-likeness (QED) is 0.546. The van der Waals surface area contributed by atoms with Crippen molar-refractivity contribution in [3.05, 3.63) is 17.5 Å². The summed E-state index contributed by atoms with van der Waals surface area (Å²) in [6, 6.07) is 2.23. The lowest BCUT2D eigenvalue weighted by atomic mass is 10.1. The second-order valence-electron chi connectivity index (χ2n) is 4.24. The molecule has 98 valence electrons. The molecule has 1 heterocycles. The molecule has 1 rings (SSSR count). The summed E-state index contributed by atoms with van der Waals surface area (Å²) >= 11 is 0. The Labute approximate surface area is 103 Å². The van der Waals surface area contributed by atoms with Gasteiger partial charge >= 0.3 is 0 Å². The van der Waals surface area contributed by atoms with Crippen molar-refractivity contribution >= 4 is 0 Å². The molecule has 2 unspecified atom stereocenters. The van der Waals surface area contributed by atoms with E-state index in [1.54, 1.807) is 0 Å². The van der Waals surface area contributed by atoms with Gasteiger partial charge in [0, 0.05) is 25.8 Å². The van der Waals surface area contributed by atoms with Crippen LogP contribution in [-0.2, 0) is 24.6 Å². The van der Waals surface area contributed by atoms with Gasteiger partial charge in [0.2, 0.25) is 0 Å². The lowest BCUT2D eigenvalue weighted by molar-refractivity contribution is 0.0472. The fourth-order valence-electron chi connectivity index (χ4n) is 1.90. The Balaban J connectivity index is 2.69. The third kappa shape index (κ3) is 3.80. The molecule has 0 aliphatic rings. The molecule has 0 aliphatic heterocycles. The minimum atomic E-state index is 0.0879. The highest BCUT2D eigenvalue weighted by molar-refractivity contribution is 5.11. The van der Waals surface area contributed by atoms with Crippen molar-refractivity contribution in [2.45, 2.75) is 45.8 Å². The van der Waals surface area contributed by atoms with Crippen molar-refractivity contribution in [1.82, 2.24) is 15.2 Å². The highest BCUT2D eigenvalue weighted by Gasteiger charge is 2.18. The van der Waals surface area contributed by atoms with Gasteiger partial charge in [-0.05, 0) is 26.3 Å². The maximum atomic E-state index is 5.58. The van der Waals surface area contributed by atoms with Crippen molar-refractivity contribution in [1.29, 1.82) is 0 Å². The highest BCUT2D eigenvalue weighted by atomic mass is 16.5. The molecular weight excluding hydrogens is 216 g/mol. The largest absolute Gasteiger partial charge is 0.377 e. The summed E-state index contributed by atoms with van der Waals surface area (Å²) in [7, 11) is 1.97. The van der Waals surface area contributed by atoms with E-state index >= 15 is 0 Å². The smallest absolute Gasteiger partial charge is 0.0717 e. The van der Waals surface area contributed by atoms with Crippen molar-refractivity contribution in [2.24, 2.45) is 12.9 Å². The zero-order chi connectivity index (χ0) is 12.8. The summed E-state index contributed by atoms with van der Waals surface area (Å²) in [6.07, 6.45) is 1.86. The molecular formula is C12H24N4O. The molecule has 0 radical (unpaired) electrons. The van der Waals surface area contributed by atoms with Crippen LogP contribution < -0.4 is 11.3 Å². The number of hydrogen-bond donors (Lipinski definition) is 2. The number of aryl methyl sites for hydroxylation is 2. The molecule has 0 fully saturated rings. The zero-order valence-corrected chi connectivity index (χ0v) is 11.2. The minimum absolute atomic E-state index is 0.0879. The molecule has 5 nitrogen and oxygen atoms in total. The third-order valence-electron chi connectivity index (χ3n) is 3.03. The Kier molecular flexibility index (Phi) is 5.61. The van der Waals surface area contributed by atoms with E-state index in [0.717, 1.165) is 18.5 Å². The molecule has 3 N–H and O–H groups in total. The Morgan fingerprint density at radius 2 is 2.24 bits per heavy atom. The van der Waals surface area contributed by atoms with Crippen LogP contribution in [0.25, 0.3) is 0 Å². The van der Waals surface area contributed by atoms with E-state index in [0.29, 0.717) is 6.61 Å². The lowest BCUT2D eigenvalue weighted by Gasteiger charge is -2.22. The predicted octanol–water partition coefficient (Wildman–Crippen LogP) is 0.782. The van der Waals surface area contributed by atoms with E-state index in [1.165, 1.54) is 5.69 Å². The first-order valence-electron chi connectivity index (χ1n) is 6.21. The summed E-state index contributed by atoms with van der Waals surface area (Å²) < 4.78 is 7.49. The van der Waals surface area contributed by atoms with Crippen LogP contribution in [0.3, 0.4) is 0 Å². The van der Waals surface area contributed by atoms with E-state index in [1.807, 2.05) is 25.6 Å². The number of hydrogen-bond acceptors (Lipinski definition) is 4. The second kappa shape index (κ2) is 6.74. The second-order valence-corrected chi connectivity index (χ2v) is 4.24. The van der Waals surface area contributed by atoms with Gasteiger partial charge in [-0.25, -0.2) is 0 Å². The summed E-state index contributed by atoms with van der Waals surface area (Å²) in [5, 5.41) is 4.43. The topological polar surface area (TPSA) is 65.1 Å². The van der Waals surface area contributed by atoms with E-state index in [-0.39, 0.29) is 12.1 Å². The number of nitrogens with two attached hydrogens (primary N) is 1. The van der Waals surface area contributed by atoms with Gasteiger partial charge in [-0.1, -0.05) is 6.92 Å². The van der Waals surface area contributed by atoms with E-state index in [4.69, 9.17) is 10.6 Å². The van der Waals surface area contributed by atoms with E-state index in [2.05, 4.69) is 23.5 Å². The molecule has 2 atom stereocenters. The molecule has 5 heteroatoms. The Morgan fingerprint density at radius 3 is 2.71 bits per heavy atom. The molecule has 0 saturated carbocycles. The van der Waals surface area contributed by atoms with Crippen LogP contribution in [0.1, 0.15) is 32.2 Å². The summed E-state index contributed by atoms with van der Waals surface area (Å²) in [5.41, 5.74) is 5.11. The minimum Gasteiger partial charge on any atom is -0.377 e. The molecule has 0 spiro atoms. The van der Waals surface area contributed by atoms with Gasteiger partial charge in [0.1, 0.15) is 0 Å². The Hall–Kier alpha value is -0.910. The van der Waals surface area contributed by atoms with Gasteiger partial charge in [-0.2, -0.15) is 5.10 Å². The normalized spacial score (nSPS) is 14.9. The molecule has 0 amide bonds. The Morgan fingerprint density at radius 1 is 1.53 bits per heavy atom. The first kappa shape index (κ1) is 14.2. The van der Waals surface area contributed by atoms with Crippen molar-refractivity contribution < 1.29 is 4.74 Å². The fourth-order valence-corrected chi connectivity index (χ4v) is 1.90. The van der Waals surface area contributed by atoms with Crippen molar-refractivity contribution in [3.8, 4) is 0 Å². The van der Waals surface area contributed by atoms with Crippen LogP contribution in [0.15, 0.2) is 6.07 Å². The maximum Gasteiger partial charge on any atom is 0.0717 e. The van der Waals surface area contributed by atoms with Crippen LogP contribution in [0.4, 0.5) is 0 Å². The molecule has 17 heavy (non-hydrogen) atoms. The number of aromatic nitrogens is 2. The van der Waals surface area contributed by atoms with Gasteiger partial charge in [0.25, 0.3) is 0 Å².